The summed E-state index contributed by atoms with van der Waals surface area (Å²) in [6.45, 7) is 2.27. The number of benzene rings is 1. The van der Waals surface area contributed by atoms with Gasteiger partial charge in [-0.05, 0) is 31.0 Å². The zero-order valence-corrected chi connectivity index (χ0v) is 10.6. The number of aromatic carboxylic acids is 1. The van der Waals surface area contributed by atoms with Crippen molar-refractivity contribution >= 4 is 16.0 Å². The molecule has 18 heavy (non-hydrogen) atoms. The molecule has 6 nitrogen and oxygen atoms in total. The van der Waals surface area contributed by atoms with Crippen LogP contribution in [0.2, 0.25) is 0 Å². The number of hydrogen-bond acceptors (Lipinski definition) is 4. The fourth-order valence-electron chi connectivity index (χ4n) is 1.72. The van der Waals surface area contributed by atoms with Gasteiger partial charge in [-0.2, -0.15) is 0 Å². The third-order valence-electron chi connectivity index (χ3n) is 2.73. The van der Waals surface area contributed by atoms with Gasteiger partial charge in [-0.25, -0.2) is 13.2 Å². The smallest absolute Gasteiger partial charge is 0.335 e. The normalized spacial score (nSPS) is 16.9. The molecule has 0 atom stereocenters. The Labute approximate surface area is 105 Å². The first-order valence-electron chi connectivity index (χ1n) is 5.42. The highest BCUT2D eigenvalue weighted by molar-refractivity contribution is 7.89. The number of hydrogen-bond donors (Lipinski definition) is 1. The van der Waals surface area contributed by atoms with E-state index in [1.165, 1.54) is 12.1 Å². The average Bonchev–Trinajstić information content (AvgIpc) is 2.82. The lowest BCUT2D eigenvalue weighted by Gasteiger charge is -2.14. The Morgan fingerprint density at radius 1 is 1.44 bits per heavy atom. The Bertz CT molecular complexity index is 575. The fourth-order valence-corrected chi connectivity index (χ4v) is 3.05. The van der Waals surface area contributed by atoms with Gasteiger partial charge in [0.1, 0.15) is 0 Å². The van der Waals surface area contributed by atoms with E-state index in [4.69, 9.17) is 9.94 Å². The zero-order valence-electron chi connectivity index (χ0n) is 9.79. The third kappa shape index (κ3) is 2.24. The molecule has 98 valence electrons. The minimum Gasteiger partial charge on any atom is -0.478 e. The van der Waals surface area contributed by atoms with Crippen molar-refractivity contribution in [1.82, 2.24) is 4.47 Å². The molecule has 1 aromatic carbocycles. The lowest BCUT2D eigenvalue weighted by Crippen LogP contribution is -2.27. The molecule has 0 radical (unpaired) electrons. The van der Waals surface area contributed by atoms with Gasteiger partial charge in [-0.1, -0.05) is 10.5 Å². The number of carboxylic acids is 1. The van der Waals surface area contributed by atoms with Crippen LogP contribution < -0.4 is 0 Å². The number of aryl methyl sites for hydroxylation is 1. The summed E-state index contributed by atoms with van der Waals surface area (Å²) in [7, 11) is -3.76. The van der Waals surface area contributed by atoms with Gasteiger partial charge in [0, 0.05) is 6.54 Å². The minimum atomic E-state index is -3.76. The Kier molecular flexibility index (Phi) is 3.38. The maximum atomic E-state index is 12.1. The molecule has 1 aliphatic rings. The van der Waals surface area contributed by atoms with Crippen LogP contribution in [0.3, 0.4) is 0 Å². The summed E-state index contributed by atoms with van der Waals surface area (Å²) in [5.74, 6) is -1.15. The van der Waals surface area contributed by atoms with E-state index in [0.717, 1.165) is 10.5 Å². The van der Waals surface area contributed by atoms with Gasteiger partial charge in [0.25, 0.3) is 10.0 Å². The van der Waals surface area contributed by atoms with Crippen LogP contribution >= 0.6 is 0 Å². The molecular formula is C11H13NO5S. The molecule has 0 bridgehead atoms. The average molecular weight is 271 g/mol. The van der Waals surface area contributed by atoms with E-state index in [1.807, 2.05) is 0 Å². The molecule has 1 fully saturated rings. The van der Waals surface area contributed by atoms with Crippen LogP contribution in [0.5, 0.6) is 0 Å². The summed E-state index contributed by atoms with van der Waals surface area (Å²) in [6, 6.07) is 4.03. The first-order valence-corrected chi connectivity index (χ1v) is 6.86. The highest BCUT2D eigenvalue weighted by Gasteiger charge is 2.29. The number of hydroxylamine groups is 1. The lowest BCUT2D eigenvalue weighted by atomic mass is 10.1. The van der Waals surface area contributed by atoms with Crippen LogP contribution in [0.4, 0.5) is 0 Å². The van der Waals surface area contributed by atoms with Crippen molar-refractivity contribution in [2.24, 2.45) is 0 Å². The Balaban J connectivity index is 2.45. The van der Waals surface area contributed by atoms with Gasteiger partial charge in [-0.15, -0.1) is 0 Å². The number of carbonyl (C=O) groups is 1. The number of nitrogens with zero attached hydrogens (tertiary/aromatic N) is 1. The minimum absolute atomic E-state index is 0.0183. The van der Waals surface area contributed by atoms with Crippen LogP contribution in [0.25, 0.3) is 0 Å². The Morgan fingerprint density at radius 2 is 2.17 bits per heavy atom. The maximum Gasteiger partial charge on any atom is 0.335 e. The molecule has 0 amide bonds. The van der Waals surface area contributed by atoms with Crippen LogP contribution in [0, 0.1) is 6.92 Å². The largest absolute Gasteiger partial charge is 0.478 e. The molecule has 2 rings (SSSR count). The van der Waals surface area contributed by atoms with Gasteiger partial charge in [0.15, 0.2) is 0 Å². The second-order valence-corrected chi connectivity index (χ2v) is 5.83. The molecule has 1 aromatic rings. The van der Waals surface area contributed by atoms with E-state index in [2.05, 4.69) is 0 Å². The summed E-state index contributed by atoms with van der Waals surface area (Å²) in [5.41, 5.74) is 0.499. The molecule has 1 heterocycles. The standard InChI is InChI=1S/C11H13NO5S/c1-8-3-4-9(7-10(8)11(13)14)18(15,16)12-5-2-6-17-12/h3-4,7H,2,5-6H2,1H3,(H,13,14). The van der Waals surface area contributed by atoms with Crippen molar-refractivity contribution in [2.75, 3.05) is 13.2 Å². The quantitative estimate of drug-likeness (QED) is 0.887. The summed E-state index contributed by atoms with van der Waals surface area (Å²) >= 11 is 0. The van der Waals surface area contributed by atoms with E-state index in [1.54, 1.807) is 6.92 Å². The fraction of sp³-hybridized carbons (Fsp3) is 0.364. The molecule has 0 unspecified atom stereocenters. The first-order chi connectivity index (χ1) is 8.43. The molecule has 7 heteroatoms. The van der Waals surface area contributed by atoms with Gasteiger partial charge in [-0.3, -0.25) is 4.84 Å². The highest BCUT2D eigenvalue weighted by atomic mass is 32.2. The summed E-state index contributed by atoms with van der Waals surface area (Å²) in [5, 5.41) is 8.98. The van der Waals surface area contributed by atoms with Crippen LogP contribution in [0.1, 0.15) is 22.3 Å². The second-order valence-electron chi connectivity index (χ2n) is 4.00. The van der Waals surface area contributed by atoms with E-state index >= 15 is 0 Å². The second kappa shape index (κ2) is 4.68. The molecule has 1 saturated heterocycles. The maximum absolute atomic E-state index is 12.1. The Hall–Kier alpha value is -1.44. The van der Waals surface area contributed by atoms with Gasteiger partial charge >= 0.3 is 5.97 Å². The first kappa shape index (κ1) is 13.0. The van der Waals surface area contributed by atoms with E-state index in [0.29, 0.717) is 25.1 Å². The highest BCUT2D eigenvalue weighted by Crippen LogP contribution is 2.22. The van der Waals surface area contributed by atoms with E-state index in [9.17, 15) is 13.2 Å². The van der Waals surface area contributed by atoms with Crippen molar-refractivity contribution in [3.8, 4) is 0 Å². The van der Waals surface area contributed by atoms with E-state index < -0.39 is 16.0 Å². The van der Waals surface area contributed by atoms with Gasteiger partial charge < -0.3 is 5.11 Å². The molecule has 0 saturated carbocycles. The molecule has 1 aliphatic heterocycles. The summed E-state index contributed by atoms with van der Waals surface area (Å²) in [6.07, 6.45) is 0.636. The zero-order chi connectivity index (χ0) is 13.3. The topological polar surface area (TPSA) is 83.9 Å². The van der Waals surface area contributed by atoms with Crippen molar-refractivity contribution < 1.29 is 23.2 Å². The third-order valence-corrected chi connectivity index (χ3v) is 4.40. The number of sulfonamides is 1. The molecule has 0 spiro atoms. The lowest BCUT2D eigenvalue weighted by molar-refractivity contribution is -0.0284. The summed E-state index contributed by atoms with van der Waals surface area (Å²) in [4.78, 5) is 15.9. The van der Waals surface area contributed by atoms with Crippen molar-refractivity contribution in [1.29, 1.82) is 0 Å². The Morgan fingerprint density at radius 3 is 2.72 bits per heavy atom. The number of rotatable bonds is 3. The van der Waals surface area contributed by atoms with Gasteiger partial charge in [0.05, 0.1) is 17.1 Å². The predicted octanol–water partition coefficient (Wildman–Crippen LogP) is 1.02. The SMILES string of the molecule is Cc1ccc(S(=O)(=O)N2CCCO2)cc1C(=O)O. The summed E-state index contributed by atoms with van der Waals surface area (Å²) < 4.78 is 25.2. The van der Waals surface area contributed by atoms with Crippen molar-refractivity contribution in [3.05, 3.63) is 29.3 Å². The monoisotopic (exact) mass is 271 g/mol. The van der Waals surface area contributed by atoms with E-state index in [-0.39, 0.29) is 10.5 Å². The molecular weight excluding hydrogens is 258 g/mol. The number of carboxylic acid groups (broad SMARTS) is 1. The van der Waals surface area contributed by atoms with Crippen molar-refractivity contribution in [2.45, 2.75) is 18.2 Å². The van der Waals surface area contributed by atoms with Crippen LogP contribution in [0.15, 0.2) is 23.1 Å². The molecule has 0 aliphatic carbocycles. The van der Waals surface area contributed by atoms with Crippen molar-refractivity contribution in [3.63, 3.8) is 0 Å². The molecule has 0 aromatic heterocycles. The van der Waals surface area contributed by atoms with Crippen LogP contribution in [-0.2, 0) is 14.9 Å². The predicted molar refractivity (Wildman–Crippen MR) is 62.6 cm³/mol. The van der Waals surface area contributed by atoms with Gasteiger partial charge in [0.2, 0.25) is 0 Å². The molecule has 1 N–H and O–H groups in total. The van der Waals surface area contributed by atoms with Crippen LogP contribution in [-0.4, -0.2) is 37.1 Å².